The molecule has 1 aliphatic heterocycles. The highest BCUT2D eigenvalue weighted by Crippen LogP contribution is 2.33. The van der Waals surface area contributed by atoms with Crippen LogP contribution < -0.4 is 0 Å². The van der Waals surface area contributed by atoms with Crippen LogP contribution in [0, 0.1) is 12.8 Å². The number of hydrogen-bond acceptors (Lipinski definition) is 2. The van der Waals surface area contributed by atoms with Crippen LogP contribution in [0.5, 0.6) is 0 Å². The molecule has 2 atom stereocenters. The third-order valence-electron chi connectivity index (χ3n) is 5.12. The summed E-state index contributed by atoms with van der Waals surface area (Å²) in [5.74, 6) is 0.839. The molecule has 2 nitrogen and oxygen atoms in total. The molecule has 108 valence electrons. The molecule has 2 heteroatoms. The zero-order valence-electron chi connectivity index (χ0n) is 12.5. The Morgan fingerprint density at radius 1 is 1.15 bits per heavy atom. The lowest BCUT2D eigenvalue weighted by atomic mass is 9.88. The molecule has 1 aromatic carbocycles. The number of carbonyl (C=O) groups is 1. The molecule has 0 N–H and O–H groups in total. The summed E-state index contributed by atoms with van der Waals surface area (Å²) in [4.78, 5) is 14.7. The lowest BCUT2D eigenvalue weighted by molar-refractivity contribution is -0.123. The summed E-state index contributed by atoms with van der Waals surface area (Å²) >= 11 is 0. The molecule has 20 heavy (non-hydrogen) atoms. The number of benzene rings is 1. The van der Waals surface area contributed by atoms with Crippen LogP contribution in [-0.2, 0) is 11.3 Å². The van der Waals surface area contributed by atoms with E-state index in [0.29, 0.717) is 17.7 Å². The Kier molecular flexibility index (Phi) is 4.21. The van der Waals surface area contributed by atoms with Crippen molar-refractivity contribution in [2.24, 2.45) is 5.92 Å². The number of carbonyl (C=O) groups excluding carboxylic acids is 1. The highest BCUT2D eigenvalue weighted by atomic mass is 16.1. The van der Waals surface area contributed by atoms with Gasteiger partial charge in [-0.1, -0.05) is 30.7 Å². The number of hydrogen-bond donors (Lipinski definition) is 0. The Morgan fingerprint density at radius 3 is 2.75 bits per heavy atom. The fourth-order valence-corrected chi connectivity index (χ4v) is 3.92. The zero-order valence-corrected chi connectivity index (χ0v) is 12.5. The third-order valence-corrected chi connectivity index (χ3v) is 5.12. The smallest absolute Gasteiger partial charge is 0.137 e. The first kappa shape index (κ1) is 13.8. The van der Waals surface area contributed by atoms with Crippen molar-refractivity contribution in [1.82, 2.24) is 4.90 Å². The molecular formula is C18H25NO. The summed E-state index contributed by atoms with van der Waals surface area (Å²) in [6, 6.07) is 9.15. The Hall–Kier alpha value is -1.15. The average Bonchev–Trinajstić information content (AvgIpc) is 2.88. The molecule has 0 radical (unpaired) electrons. The monoisotopic (exact) mass is 271 g/mol. The van der Waals surface area contributed by atoms with Crippen LogP contribution in [0.3, 0.4) is 0 Å². The van der Waals surface area contributed by atoms with Gasteiger partial charge in [0.2, 0.25) is 0 Å². The molecule has 0 bridgehead atoms. The van der Waals surface area contributed by atoms with Gasteiger partial charge in [-0.05, 0) is 50.3 Å². The number of likely N-dealkylation sites (tertiary alicyclic amines) is 1. The van der Waals surface area contributed by atoms with Gasteiger partial charge >= 0.3 is 0 Å². The topological polar surface area (TPSA) is 20.3 Å². The average molecular weight is 271 g/mol. The van der Waals surface area contributed by atoms with Gasteiger partial charge in [-0.2, -0.15) is 0 Å². The fourth-order valence-electron chi connectivity index (χ4n) is 3.92. The third kappa shape index (κ3) is 2.80. The number of aryl methyl sites for hydroxylation is 1. The van der Waals surface area contributed by atoms with Crippen molar-refractivity contribution in [3.8, 4) is 0 Å². The van der Waals surface area contributed by atoms with Crippen LogP contribution in [-0.4, -0.2) is 23.3 Å². The second-order valence-corrected chi connectivity index (χ2v) is 6.43. The predicted octanol–water partition coefficient (Wildman–Crippen LogP) is 3.72. The fraction of sp³-hybridized carbons (Fsp3) is 0.611. The molecule has 1 heterocycles. The van der Waals surface area contributed by atoms with Crippen LogP contribution in [0.4, 0.5) is 0 Å². The normalized spacial score (nSPS) is 27.9. The molecule has 1 aromatic rings. The van der Waals surface area contributed by atoms with E-state index < -0.39 is 0 Å². The van der Waals surface area contributed by atoms with E-state index in [1.54, 1.807) is 0 Å². The second-order valence-electron chi connectivity index (χ2n) is 6.43. The summed E-state index contributed by atoms with van der Waals surface area (Å²) in [5.41, 5.74) is 2.79. The van der Waals surface area contributed by atoms with Crippen LogP contribution in [0.15, 0.2) is 24.3 Å². The van der Waals surface area contributed by atoms with E-state index in [-0.39, 0.29) is 0 Å². The molecule has 2 fully saturated rings. The summed E-state index contributed by atoms with van der Waals surface area (Å²) in [6.45, 7) is 4.36. The SMILES string of the molecule is Cc1ccccc1CN1CCCCC1C1CCCC1=O. The molecular weight excluding hydrogens is 246 g/mol. The predicted molar refractivity (Wildman–Crippen MR) is 81.6 cm³/mol. The van der Waals surface area contributed by atoms with Gasteiger partial charge in [0, 0.05) is 24.9 Å². The van der Waals surface area contributed by atoms with Crippen LogP contribution in [0.25, 0.3) is 0 Å². The van der Waals surface area contributed by atoms with Crippen molar-refractivity contribution < 1.29 is 4.79 Å². The molecule has 1 saturated carbocycles. The highest BCUT2D eigenvalue weighted by Gasteiger charge is 2.36. The van der Waals surface area contributed by atoms with Crippen molar-refractivity contribution in [1.29, 1.82) is 0 Å². The number of nitrogens with zero attached hydrogens (tertiary/aromatic N) is 1. The van der Waals surface area contributed by atoms with Crippen molar-refractivity contribution in [2.75, 3.05) is 6.54 Å². The van der Waals surface area contributed by atoms with Gasteiger partial charge in [0.25, 0.3) is 0 Å². The van der Waals surface area contributed by atoms with E-state index >= 15 is 0 Å². The van der Waals surface area contributed by atoms with E-state index in [2.05, 4.69) is 36.1 Å². The van der Waals surface area contributed by atoms with Crippen molar-refractivity contribution in [2.45, 2.75) is 58.0 Å². The van der Waals surface area contributed by atoms with E-state index in [9.17, 15) is 4.79 Å². The van der Waals surface area contributed by atoms with E-state index in [4.69, 9.17) is 0 Å². The maximum Gasteiger partial charge on any atom is 0.137 e. The standard InChI is InChI=1S/C18H25NO/c1-14-7-2-3-8-15(14)13-19-12-5-4-10-17(19)16-9-6-11-18(16)20/h2-3,7-8,16-17H,4-6,9-13H2,1H3. The Morgan fingerprint density at radius 2 is 2.00 bits per heavy atom. The lowest BCUT2D eigenvalue weighted by Gasteiger charge is -2.39. The first-order valence-electron chi connectivity index (χ1n) is 8.07. The van der Waals surface area contributed by atoms with Crippen LogP contribution in [0.2, 0.25) is 0 Å². The van der Waals surface area contributed by atoms with E-state index in [1.165, 1.54) is 30.4 Å². The van der Waals surface area contributed by atoms with Gasteiger partial charge in [0.05, 0.1) is 0 Å². The van der Waals surface area contributed by atoms with Crippen LogP contribution >= 0.6 is 0 Å². The van der Waals surface area contributed by atoms with Gasteiger partial charge in [0.15, 0.2) is 0 Å². The second kappa shape index (κ2) is 6.09. The molecule has 3 rings (SSSR count). The van der Waals surface area contributed by atoms with Gasteiger partial charge < -0.3 is 0 Å². The lowest BCUT2D eigenvalue weighted by Crippen LogP contribution is -2.45. The van der Waals surface area contributed by atoms with Gasteiger partial charge in [-0.25, -0.2) is 0 Å². The molecule has 2 aliphatic rings. The largest absolute Gasteiger partial charge is 0.299 e. The number of piperidine rings is 1. The molecule has 0 aromatic heterocycles. The quantitative estimate of drug-likeness (QED) is 0.835. The molecule has 1 aliphatic carbocycles. The molecule has 0 amide bonds. The van der Waals surface area contributed by atoms with Gasteiger partial charge in [0.1, 0.15) is 5.78 Å². The Bertz CT molecular complexity index is 482. The summed E-state index contributed by atoms with van der Waals surface area (Å²) in [6.07, 6.45) is 6.83. The summed E-state index contributed by atoms with van der Waals surface area (Å²) in [7, 11) is 0. The first-order chi connectivity index (χ1) is 9.75. The van der Waals surface area contributed by atoms with Gasteiger partial charge in [-0.15, -0.1) is 0 Å². The molecule has 2 unspecified atom stereocenters. The minimum absolute atomic E-state index is 0.319. The number of Topliss-reactive ketones (excluding diaryl/α,β-unsaturated/α-hetero) is 1. The van der Waals surface area contributed by atoms with Crippen molar-refractivity contribution in [3.63, 3.8) is 0 Å². The number of rotatable bonds is 3. The Balaban J connectivity index is 1.75. The maximum atomic E-state index is 12.1. The zero-order chi connectivity index (χ0) is 13.9. The minimum atomic E-state index is 0.319. The van der Waals surface area contributed by atoms with Crippen molar-refractivity contribution in [3.05, 3.63) is 35.4 Å². The van der Waals surface area contributed by atoms with Gasteiger partial charge in [-0.3, -0.25) is 9.69 Å². The van der Waals surface area contributed by atoms with E-state index in [1.807, 2.05) is 0 Å². The molecule has 1 saturated heterocycles. The minimum Gasteiger partial charge on any atom is -0.299 e. The van der Waals surface area contributed by atoms with Crippen molar-refractivity contribution >= 4 is 5.78 Å². The van der Waals surface area contributed by atoms with Crippen LogP contribution in [0.1, 0.15) is 49.7 Å². The van der Waals surface area contributed by atoms with E-state index in [0.717, 1.165) is 32.4 Å². The maximum absolute atomic E-state index is 12.1. The highest BCUT2D eigenvalue weighted by molar-refractivity contribution is 5.83. The summed E-state index contributed by atoms with van der Waals surface area (Å²) in [5, 5.41) is 0. The molecule has 0 spiro atoms. The number of ketones is 1. The summed E-state index contributed by atoms with van der Waals surface area (Å²) < 4.78 is 0. The Labute approximate surface area is 122 Å². The first-order valence-corrected chi connectivity index (χ1v) is 8.07.